The van der Waals surface area contributed by atoms with Crippen molar-refractivity contribution < 1.29 is 9.47 Å². The van der Waals surface area contributed by atoms with E-state index >= 15 is 0 Å². The van der Waals surface area contributed by atoms with Gasteiger partial charge in [-0.25, -0.2) is 22.8 Å². The third-order valence-electron chi connectivity index (χ3n) is 3.48. The molecule has 0 aromatic carbocycles. The van der Waals surface area contributed by atoms with Crippen LogP contribution in [0.5, 0.6) is 0 Å². The second kappa shape index (κ2) is 4.83. The zero-order valence-electron chi connectivity index (χ0n) is 10.1. The molecule has 0 unspecified atom stereocenters. The molecule has 1 aliphatic carbocycles. The molecule has 0 N–H and O–H groups in total. The highest BCUT2D eigenvalue weighted by Gasteiger charge is 2.51. The van der Waals surface area contributed by atoms with Gasteiger partial charge in [0.2, 0.25) is 0 Å². The lowest BCUT2D eigenvalue weighted by atomic mass is 9.85. The minimum absolute atomic E-state index is 0.139. The molecule has 1 spiro atoms. The molecule has 2 aliphatic rings. The van der Waals surface area contributed by atoms with Gasteiger partial charge in [0.15, 0.2) is 12.2 Å². The number of terminal acetylenes is 1. The van der Waals surface area contributed by atoms with Crippen LogP contribution in [0.25, 0.3) is 9.69 Å². The highest BCUT2D eigenvalue weighted by Crippen LogP contribution is 2.41. The summed E-state index contributed by atoms with van der Waals surface area (Å²) in [6, 6.07) is 0. The van der Waals surface area contributed by atoms with Gasteiger partial charge >= 0.3 is 5.66 Å². The summed E-state index contributed by atoms with van der Waals surface area (Å²) >= 11 is 0. The maximum absolute atomic E-state index is 7.26. The maximum Gasteiger partial charge on any atom is 0.516 e. The fourth-order valence-corrected chi connectivity index (χ4v) is 2.43. The van der Waals surface area contributed by atoms with Crippen molar-refractivity contribution in [1.82, 2.24) is 0 Å². The Hall–Kier alpha value is -1.80. The zero-order chi connectivity index (χ0) is 13.1. The molecule has 92 valence electrons. The molecule has 4 heteroatoms. The summed E-state index contributed by atoms with van der Waals surface area (Å²) in [7, 11) is 0. The van der Waals surface area contributed by atoms with Crippen LogP contribution in [0.3, 0.4) is 0 Å². The van der Waals surface area contributed by atoms with Crippen LogP contribution in [-0.4, -0.2) is 24.7 Å². The van der Waals surface area contributed by atoms with Crippen molar-refractivity contribution in [3.05, 3.63) is 34.5 Å². The zero-order valence-corrected chi connectivity index (χ0v) is 10.1. The van der Waals surface area contributed by atoms with Gasteiger partial charge in [-0.2, -0.15) is 0 Å². The van der Waals surface area contributed by atoms with Crippen LogP contribution in [-0.2, 0) is 9.47 Å². The third-order valence-corrected chi connectivity index (χ3v) is 3.48. The van der Waals surface area contributed by atoms with E-state index in [4.69, 9.17) is 29.0 Å². The van der Waals surface area contributed by atoms with Crippen LogP contribution >= 0.6 is 0 Å². The van der Waals surface area contributed by atoms with E-state index in [1.165, 1.54) is 0 Å². The van der Waals surface area contributed by atoms with Gasteiger partial charge in [-0.15, -0.1) is 6.42 Å². The van der Waals surface area contributed by atoms with Crippen LogP contribution in [0, 0.1) is 25.5 Å². The molecular formula is C14H14N2O2. The molecule has 0 aromatic heterocycles. The Bertz CT molecular complexity index is 467. The summed E-state index contributed by atoms with van der Waals surface area (Å²) in [4.78, 5) is 6.94. The molecule has 1 fully saturated rings. The van der Waals surface area contributed by atoms with Gasteiger partial charge in [-0.1, -0.05) is 12.0 Å². The molecule has 0 atom stereocenters. The Labute approximate surface area is 107 Å². The largest absolute Gasteiger partial charge is 0.516 e. The van der Waals surface area contributed by atoms with E-state index in [9.17, 15) is 0 Å². The van der Waals surface area contributed by atoms with Crippen molar-refractivity contribution >= 4 is 0 Å². The first-order valence-corrected chi connectivity index (χ1v) is 5.88. The fourth-order valence-electron chi connectivity index (χ4n) is 2.43. The SMILES string of the molecule is [C-]#[N+]C(CC#C)([N+]#[C-])C1=CCC2(CC1)OCCO2. The molecule has 0 saturated carbocycles. The van der Waals surface area contributed by atoms with E-state index in [1.807, 2.05) is 6.08 Å². The molecule has 0 aromatic rings. The third kappa shape index (κ3) is 2.00. The van der Waals surface area contributed by atoms with Gasteiger partial charge in [0.25, 0.3) is 0 Å². The molecule has 0 bridgehead atoms. The number of rotatable bonds is 2. The van der Waals surface area contributed by atoms with Gasteiger partial charge in [-0.05, 0) is 6.42 Å². The Morgan fingerprint density at radius 1 is 1.39 bits per heavy atom. The number of hydrogen-bond donors (Lipinski definition) is 0. The summed E-state index contributed by atoms with van der Waals surface area (Å²) in [5.41, 5.74) is -0.398. The van der Waals surface area contributed by atoms with Crippen LogP contribution < -0.4 is 0 Å². The van der Waals surface area contributed by atoms with Crippen molar-refractivity contribution in [2.45, 2.75) is 37.1 Å². The summed E-state index contributed by atoms with van der Waals surface area (Å²) in [5, 5.41) is 0. The first-order valence-electron chi connectivity index (χ1n) is 5.88. The van der Waals surface area contributed by atoms with Crippen LogP contribution in [0.2, 0.25) is 0 Å². The average Bonchev–Trinajstić information content (AvgIpc) is 2.86. The predicted octanol–water partition coefficient (Wildman–Crippen LogP) is 2.40. The predicted molar refractivity (Wildman–Crippen MR) is 66.0 cm³/mol. The number of nitrogens with zero attached hydrogens (tertiary/aromatic N) is 2. The van der Waals surface area contributed by atoms with E-state index in [0.29, 0.717) is 32.5 Å². The van der Waals surface area contributed by atoms with E-state index in [1.54, 1.807) is 0 Å². The average molecular weight is 242 g/mol. The number of ether oxygens (including phenoxy) is 2. The second-order valence-electron chi connectivity index (χ2n) is 4.46. The van der Waals surface area contributed by atoms with E-state index in [0.717, 1.165) is 5.57 Å². The van der Waals surface area contributed by atoms with Crippen molar-refractivity contribution in [3.63, 3.8) is 0 Å². The highest BCUT2D eigenvalue weighted by molar-refractivity contribution is 5.34. The van der Waals surface area contributed by atoms with Gasteiger partial charge in [0, 0.05) is 12.8 Å². The molecule has 2 rings (SSSR count). The summed E-state index contributed by atoms with van der Waals surface area (Å²) in [6.45, 7) is 15.8. The normalized spacial score (nSPS) is 21.7. The van der Waals surface area contributed by atoms with E-state index < -0.39 is 11.4 Å². The van der Waals surface area contributed by atoms with E-state index in [-0.39, 0.29) is 6.42 Å². The van der Waals surface area contributed by atoms with Crippen LogP contribution in [0.1, 0.15) is 25.7 Å². The quantitative estimate of drug-likeness (QED) is 0.422. The minimum atomic E-state index is -1.21. The molecule has 18 heavy (non-hydrogen) atoms. The Kier molecular flexibility index (Phi) is 3.39. The Morgan fingerprint density at radius 2 is 2.06 bits per heavy atom. The molecule has 0 radical (unpaired) electrons. The Balaban J connectivity index is 2.21. The standard InChI is InChI=1S/C14H14N2O2/c1-4-7-14(15-2,16-3)12-5-8-13(9-6-12)17-10-11-18-13/h1,5H,6-11H2. The van der Waals surface area contributed by atoms with Gasteiger partial charge < -0.3 is 9.47 Å². The van der Waals surface area contributed by atoms with Crippen molar-refractivity contribution in [2.24, 2.45) is 0 Å². The van der Waals surface area contributed by atoms with Crippen LogP contribution in [0.4, 0.5) is 0 Å². The highest BCUT2D eigenvalue weighted by atomic mass is 16.7. The molecule has 1 aliphatic heterocycles. The number of hydrogen-bond acceptors (Lipinski definition) is 2. The minimum Gasteiger partial charge on any atom is -0.347 e. The summed E-state index contributed by atoms with van der Waals surface area (Å²) in [5.74, 6) is 1.92. The first-order chi connectivity index (χ1) is 8.70. The van der Waals surface area contributed by atoms with Gasteiger partial charge in [0.1, 0.15) is 5.57 Å². The van der Waals surface area contributed by atoms with Crippen molar-refractivity contribution in [3.8, 4) is 12.3 Å². The monoisotopic (exact) mass is 242 g/mol. The Morgan fingerprint density at radius 3 is 2.50 bits per heavy atom. The smallest absolute Gasteiger partial charge is 0.347 e. The first kappa shape index (κ1) is 12.7. The maximum atomic E-state index is 7.26. The molecule has 0 amide bonds. The lowest BCUT2D eigenvalue weighted by Crippen LogP contribution is -2.35. The lowest BCUT2D eigenvalue weighted by molar-refractivity contribution is -0.161. The van der Waals surface area contributed by atoms with Crippen LogP contribution in [0.15, 0.2) is 11.6 Å². The lowest BCUT2D eigenvalue weighted by Gasteiger charge is -2.30. The molecule has 4 nitrogen and oxygen atoms in total. The van der Waals surface area contributed by atoms with Crippen molar-refractivity contribution in [2.75, 3.05) is 13.2 Å². The molecular weight excluding hydrogens is 228 g/mol. The van der Waals surface area contributed by atoms with E-state index in [2.05, 4.69) is 15.6 Å². The molecule has 1 saturated heterocycles. The van der Waals surface area contributed by atoms with Gasteiger partial charge in [0.05, 0.1) is 13.2 Å². The second-order valence-corrected chi connectivity index (χ2v) is 4.46. The molecule has 1 heterocycles. The summed E-state index contributed by atoms with van der Waals surface area (Å²) in [6.07, 6.45) is 9.24. The topological polar surface area (TPSA) is 27.2 Å². The van der Waals surface area contributed by atoms with Gasteiger partial charge in [-0.3, -0.25) is 0 Å². The fraction of sp³-hybridized carbons (Fsp3) is 0.571. The summed E-state index contributed by atoms with van der Waals surface area (Å²) < 4.78 is 11.2. The van der Waals surface area contributed by atoms with Crippen molar-refractivity contribution in [1.29, 1.82) is 0 Å².